The summed E-state index contributed by atoms with van der Waals surface area (Å²) >= 11 is 0. The van der Waals surface area contributed by atoms with Gasteiger partial charge in [-0.2, -0.15) is 0 Å². The van der Waals surface area contributed by atoms with Crippen LogP contribution in [0, 0.1) is 19.7 Å². The number of hydrazone groups is 1. The van der Waals surface area contributed by atoms with Crippen LogP contribution in [0.5, 0.6) is 0 Å². The third kappa shape index (κ3) is 11.7. The highest BCUT2D eigenvalue weighted by atomic mass is 19.1. The molecule has 10 nitrogen and oxygen atoms in total. The highest BCUT2D eigenvalue weighted by molar-refractivity contribution is 6.00. The van der Waals surface area contributed by atoms with Crippen LogP contribution in [0.15, 0.2) is 35.4 Å². The van der Waals surface area contributed by atoms with Crippen molar-refractivity contribution in [1.29, 1.82) is 0 Å². The molecule has 0 bridgehead atoms. The number of hydrogen-bond donors (Lipinski definition) is 4. The molecule has 0 unspecified atom stereocenters. The molecule has 6 N–H and O–H groups in total. The predicted octanol–water partition coefficient (Wildman–Crippen LogP) is 4.04. The van der Waals surface area contributed by atoms with Gasteiger partial charge >= 0.3 is 6.09 Å². The lowest BCUT2D eigenvalue weighted by molar-refractivity contribution is 0.0493. The highest BCUT2D eigenvalue weighted by Gasteiger charge is 2.20. The quantitative estimate of drug-likeness (QED) is 0.186. The van der Waals surface area contributed by atoms with Crippen molar-refractivity contribution in [3.05, 3.63) is 64.2 Å². The van der Waals surface area contributed by atoms with Gasteiger partial charge in [0.15, 0.2) is 5.84 Å². The maximum atomic E-state index is 13.3. The summed E-state index contributed by atoms with van der Waals surface area (Å²) in [5.41, 5.74) is 8.18. The maximum Gasteiger partial charge on any atom is 0.407 e. The molecule has 39 heavy (non-hydrogen) atoms. The minimum absolute atomic E-state index is 0.179. The summed E-state index contributed by atoms with van der Waals surface area (Å²) in [5, 5.41) is 10.7. The number of benzene rings is 1. The number of pyridine rings is 1. The van der Waals surface area contributed by atoms with E-state index in [1.54, 1.807) is 45.2 Å². The van der Waals surface area contributed by atoms with Gasteiger partial charge in [-0.15, -0.1) is 5.10 Å². The molecule has 0 spiro atoms. The summed E-state index contributed by atoms with van der Waals surface area (Å²) in [5.74, 6) is 4.99. The Balaban J connectivity index is 0.000000322. The Morgan fingerprint density at radius 1 is 1.15 bits per heavy atom. The fourth-order valence-electron chi connectivity index (χ4n) is 3.97. The van der Waals surface area contributed by atoms with E-state index in [4.69, 9.17) is 16.3 Å². The Hall–Kier alpha value is -3.73. The summed E-state index contributed by atoms with van der Waals surface area (Å²) in [6.45, 7) is 9.34. The molecule has 0 atom stereocenters. The van der Waals surface area contributed by atoms with Crippen molar-refractivity contribution in [3.8, 4) is 0 Å². The van der Waals surface area contributed by atoms with Gasteiger partial charge in [0, 0.05) is 30.9 Å². The van der Waals surface area contributed by atoms with Crippen molar-refractivity contribution < 1.29 is 18.7 Å². The van der Waals surface area contributed by atoms with Gasteiger partial charge in [0.25, 0.3) is 5.91 Å². The van der Waals surface area contributed by atoms with Gasteiger partial charge in [-0.25, -0.2) is 25.1 Å². The molecular formula is C28H42FN7O3. The molecule has 2 amide bonds. The average Bonchev–Trinajstić information content (AvgIpc) is 2.83. The van der Waals surface area contributed by atoms with Crippen LogP contribution < -0.4 is 22.2 Å². The monoisotopic (exact) mass is 543 g/mol. The van der Waals surface area contributed by atoms with Crippen LogP contribution in [0.2, 0.25) is 0 Å². The zero-order valence-corrected chi connectivity index (χ0v) is 23.8. The van der Waals surface area contributed by atoms with Crippen LogP contribution >= 0.6 is 0 Å². The molecule has 1 saturated carbocycles. The lowest BCUT2D eigenvalue weighted by atomic mass is 9.96. The van der Waals surface area contributed by atoms with Crippen molar-refractivity contribution >= 4 is 17.8 Å². The third-order valence-electron chi connectivity index (χ3n) is 5.75. The van der Waals surface area contributed by atoms with Crippen LogP contribution in [-0.2, 0) is 11.3 Å². The molecule has 1 aliphatic carbocycles. The van der Waals surface area contributed by atoms with Crippen molar-refractivity contribution in [1.82, 2.24) is 20.7 Å². The third-order valence-corrected chi connectivity index (χ3v) is 5.75. The van der Waals surface area contributed by atoms with E-state index in [9.17, 15) is 14.0 Å². The molecule has 1 heterocycles. The van der Waals surface area contributed by atoms with Crippen LogP contribution in [0.4, 0.5) is 9.18 Å². The SMILES string of the molecule is CC(C)(C)OC(=O)NC1CCCCC1.Cc1cc(/C(N)=N/N(C)N)cc(C(=O)NCc2ccc(F)c(C)c2)n1. The molecule has 1 aromatic heterocycles. The number of hydrogen-bond acceptors (Lipinski definition) is 7. The van der Waals surface area contributed by atoms with E-state index >= 15 is 0 Å². The largest absolute Gasteiger partial charge is 0.444 e. The second-order valence-electron chi connectivity index (χ2n) is 10.7. The average molecular weight is 544 g/mol. The van der Waals surface area contributed by atoms with Gasteiger partial charge in [-0.1, -0.05) is 31.4 Å². The summed E-state index contributed by atoms with van der Waals surface area (Å²) in [6.07, 6.45) is 5.66. The van der Waals surface area contributed by atoms with Gasteiger partial charge in [0.2, 0.25) is 0 Å². The summed E-state index contributed by atoms with van der Waals surface area (Å²) < 4.78 is 18.5. The molecular weight excluding hydrogens is 501 g/mol. The number of nitrogens with one attached hydrogen (secondary N) is 2. The molecule has 2 aromatic rings. The molecule has 214 valence electrons. The van der Waals surface area contributed by atoms with Crippen molar-refractivity contribution in [2.45, 2.75) is 84.9 Å². The number of nitrogens with two attached hydrogens (primary N) is 2. The number of carbonyl (C=O) groups is 2. The number of halogens is 1. The number of aryl methyl sites for hydroxylation is 2. The molecule has 0 aliphatic heterocycles. The number of carbonyl (C=O) groups excluding carboxylic acids is 2. The second-order valence-corrected chi connectivity index (χ2v) is 10.7. The van der Waals surface area contributed by atoms with Gasteiger partial charge in [-0.05, 0) is 76.8 Å². The highest BCUT2D eigenvalue weighted by Crippen LogP contribution is 2.18. The van der Waals surface area contributed by atoms with E-state index in [1.165, 1.54) is 25.3 Å². The number of alkyl carbamates (subject to hydrolysis) is 1. The van der Waals surface area contributed by atoms with Gasteiger partial charge in [0.1, 0.15) is 17.1 Å². The molecule has 11 heteroatoms. The number of rotatable bonds is 6. The lowest BCUT2D eigenvalue weighted by Gasteiger charge is -2.25. The minimum Gasteiger partial charge on any atom is -0.444 e. The van der Waals surface area contributed by atoms with E-state index in [1.807, 2.05) is 20.8 Å². The number of hydrazine groups is 1. The minimum atomic E-state index is -0.390. The molecule has 1 fully saturated rings. The lowest BCUT2D eigenvalue weighted by Crippen LogP contribution is -2.39. The van der Waals surface area contributed by atoms with Gasteiger partial charge < -0.3 is 21.1 Å². The number of amidine groups is 1. The molecule has 1 aliphatic rings. The molecule has 0 saturated heterocycles. The maximum absolute atomic E-state index is 13.3. The predicted molar refractivity (Wildman–Crippen MR) is 150 cm³/mol. The van der Waals surface area contributed by atoms with Crippen LogP contribution in [0.25, 0.3) is 0 Å². The summed E-state index contributed by atoms with van der Waals surface area (Å²) in [6, 6.07) is 8.27. The Bertz CT molecular complexity index is 1160. The topological polar surface area (TPSA) is 148 Å². The van der Waals surface area contributed by atoms with Crippen LogP contribution in [0.1, 0.15) is 85.7 Å². The van der Waals surface area contributed by atoms with Crippen molar-refractivity contribution in [2.24, 2.45) is 16.7 Å². The summed E-state index contributed by atoms with van der Waals surface area (Å²) in [4.78, 5) is 28.0. The Labute approximate surface area is 230 Å². The van der Waals surface area contributed by atoms with E-state index < -0.39 is 5.60 Å². The number of nitrogens with zero attached hydrogens (tertiary/aromatic N) is 3. The van der Waals surface area contributed by atoms with Gasteiger partial charge in [0.05, 0.1) is 0 Å². The van der Waals surface area contributed by atoms with E-state index in [-0.39, 0.29) is 35.9 Å². The van der Waals surface area contributed by atoms with Crippen LogP contribution in [0.3, 0.4) is 0 Å². The van der Waals surface area contributed by atoms with Gasteiger partial charge in [-0.3, -0.25) is 4.79 Å². The fourth-order valence-corrected chi connectivity index (χ4v) is 3.97. The zero-order valence-electron chi connectivity index (χ0n) is 23.8. The first-order valence-electron chi connectivity index (χ1n) is 13.1. The smallest absolute Gasteiger partial charge is 0.407 e. The number of aromatic nitrogens is 1. The summed E-state index contributed by atoms with van der Waals surface area (Å²) in [7, 11) is 1.54. The molecule has 0 radical (unpaired) electrons. The number of amides is 2. The molecule has 1 aromatic carbocycles. The Morgan fingerprint density at radius 3 is 2.41 bits per heavy atom. The Kier molecular flexibility index (Phi) is 11.7. The van der Waals surface area contributed by atoms with E-state index in [0.717, 1.165) is 23.5 Å². The Morgan fingerprint density at radius 2 is 1.82 bits per heavy atom. The molecule has 3 rings (SSSR count). The first-order valence-corrected chi connectivity index (χ1v) is 13.1. The van der Waals surface area contributed by atoms with E-state index in [0.29, 0.717) is 22.9 Å². The second kappa shape index (κ2) is 14.4. The van der Waals surface area contributed by atoms with Crippen molar-refractivity contribution in [3.63, 3.8) is 0 Å². The number of ether oxygens (including phenoxy) is 1. The standard InChI is InChI=1S/C17H21FN6O.C11H21NO2/c1-10-6-12(4-5-14(10)18)9-21-17(25)15-8-13(7-11(2)22-15)16(19)23-24(3)20;1-11(2,3)14-10(13)12-9-7-5-4-6-8-9/h4-8H,9,20H2,1-3H3,(H2,19,23)(H,21,25);9H,4-8H2,1-3H3,(H,12,13). The first-order chi connectivity index (χ1) is 18.2. The van der Waals surface area contributed by atoms with Crippen molar-refractivity contribution in [2.75, 3.05) is 7.05 Å². The zero-order chi connectivity index (χ0) is 29.2. The van der Waals surface area contributed by atoms with E-state index in [2.05, 4.69) is 20.7 Å². The first kappa shape index (κ1) is 31.5. The van der Waals surface area contributed by atoms with Crippen LogP contribution in [-0.4, -0.2) is 46.6 Å². The normalized spacial score (nSPS) is 14.1. The fraction of sp³-hybridized carbons (Fsp3) is 0.500.